The molecule has 0 radical (unpaired) electrons. The number of benzene rings is 1. The number of rotatable bonds is 2. The lowest BCUT2D eigenvalue weighted by molar-refractivity contribution is -0.129. The van der Waals surface area contributed by atoms with E-state index in [1.165, 1.54) is 5.69 Å². The molecule has 0 aromatic heterocycles. The highest BCUT2D eigenvalue weighted by Gasteiger charge is 2.35. The van der Waals surface area contributed by atoms with E-state index < -0.39 is 0 Å². The number of anilines is 1. The van der Waals surface area contributed by atoms with Gasteiger partial charge >= 0.3 is 0 Å². The number of fused-ring (bicyclic) bond motifs is 1. The molecule has 2 aliphatic heterocycles. The minimum atomic E-state index is 0.321. The van der Waals surface area contributed by atoms with Crippen LogP contribution in [0.2, 0.25) is 0 Å². The van der Waals surface area contributed by atoms with Gasteiger partial charge in [0.25, 0.3) is 0 Å². The second-order valence-electron chi connectivity index (χ2n) is 5.22. The van der Waals surface area contributed by atoms with Gasteiger partial charge in [0.1, 0.15) is 0 Å². The molecular formula is C14H18BrN3O. The van der Waals surface area contributed by atoms with Gasteiger partial charge in [0, 0.05) is 43.1 Å². The third kappa shape index (κ3) is 2.37. The predicted octanol–water partition coefficient (Wildman–Crippen LogP) is 1.72. The fraction of sp³-hybridized carbons (Fsp3) is 0.500. The summed E-state index contributed by atoms with van der Waals surface area (Å²) in [7, 11) is 0. The molecule has 1 atom stereocenters. The molecule has 3 rings (SSSR count). The Labute approximate surface area is 121 Å². The van der Waals surface area contributed by atoms with E-state index in [1.54, 1.807) is 0 Å². The molecule has 0 bridgehead atoms. The van der Waals surface area contributed by atoms with E-state index >= 15 is 0 Å². The molecule has 2 aliphatic rings. The maximum absolute atomic E-state index is 11.7. The van der Waals surface area contributed by atoms with Gasteiger partial charge in [-0.05, 0) is 40.0 Å². The zero-order valence-corrected chi connectivity index (χ0v) is 12.4. The molecule has 2 N–H and O–H groups in total. The van der Waals surface area contributed by atoms with Gasteiger partial charge in [-0.2, -0.15) is 0 Å². The highest BCUT2D eigenvalue weighted by Crippen LogP contribution is 2.31. The van der Waals surface area contributed by atoms with Crippen LogP contribution in [0.15, 0.2) is 22.7 Å². The Balaban J connectivity index is 1.79. The number of nitrogens with zero attached hydrogens (tertiary/aromatic N) is 2. The molecular weight excluding hydrogens is 306 g/mol. The van der Waals surface area contributed by atoms with Gasteiger partial charge in [-0.25, -0.2) is 0 Å². The quantitative estimate of drug-likeness (QED) is 0.901. The first-order valence-electron chi connectivity index (χ1n) is 6.72. The molecule has 4 nitrogen and oxygen atoms in total. The van der Waals surface area contributed by atoms with Crippen molar-refractivity contribution in [1.29, 1.82) is 0 Å². The minimum absolute atomic E-state index is 0.321. The molecule has 1 aromatic rings. The van der Waals surface area contributed by atoms with Gasteiger partial charge in [0.05, 0.1) is 5.69 Å². The smallest absolute Gasteiger partial charge is 0.223 e. The van der Waals surface area contributed by atoms with E-state index in [-0.39, 0.29) is 0 Å². The molecule has 0 saturated carbocycles. The number of hydrogen-bond acceptors (Lipinski definition) is 3. The van der Waals surface area contributed by atoms with Crippen molar-refractivity contribution < 1.29 is 4.79 Å². The summed E-state index contributed by atoms with van der Waals surface area (Å²) in [5.74, 6) is 0.321. The maximum atomic E-state index is 11.7. The zero-order chi connectivity index (χ0) is 13.4. The van der Waals surface area contributed by atoms with Crippen molar-refractivity contribution in [2.24, 2.45) is 5.73 Å². The Kier molecular flexibility index (Phi) is 3.50. The number of carbonyl (C=O) groups excluding carboxylic acids is 1. The van der Waals surface area contributed by atoms with E-state index in [9.17, 15) is 4.79 Å². The Bertz CT molecular complexity index is 505. The van der Waals surface area contributed by atoms with Crippen LogP contribution in [-0.4, -0.2) is 36.5 Å². The van der Waals surface area contributed by atoms with Crippen LogP contribution in [0.5, 0.6) is 0 Å². The molecule has 2 fully saturated rings. The number of amides is 1. The third-order valence-corrected chi connectivity index (χ3v) is 4.72. The Morgan fingerprint density at radius 1 is 1.37 bits per heavy atom. The lowest BCUT2D eigenvalue weighted by Gasteiger charge is -2.39. The zero-order valence-electron chi connectivity index (χ0n) is 10.8. The summed E-state index contributed by atoms with van der Waals surface area (Å²) in [6, 6.07) is 6.68. The van der Waals surface area contributed by atoms with Gasteiger partial charge in [-0.1, -0.05) is 6.07 Å². The molecule has 1 aromatic carbocycles. The first kappa shape index (κ1) is 12.9. The number of carbonyl (C=O) groups is 1. The standard InChI is InChI=1S/C14H18BrN3O/c15-12-7-10(8-16)1-3-13(12)17-5-6-18-11(9-17)2-4-14(18)19/h1,3,7,11H,2,4-6,8-9,16H2. The summed E-state index contributed by atoms with van der Waals surface area (Å²) in [5, 5.41) is 0. The molecule has 1 unspecified atom stereocenters. The van der Waals surface area contributed by atoms with Crippen LogP contribution in [0.3, 0.4) is 0 Å². The monoisotopic (exact) mass is 323 g/mol. The Morgan fingerprint density at radius 2 is 2.21 bits per heavy atom. The van der Waals surface area contributed by atoms with E-state index in [0.29, 0.717) is 24.9 Å². The average molecular weight is 324 g/mol. The fourth-order valence-electron chi connectivity index (χ4n) is 3.02. The lowest BCUT2D eigenvalue weighted by Crippen LogP contribution is -2.51. The molecule has 0 aliphatic carbocycles. The summed E-state index contributed by atoms with van der Waals surface area (Å²) < 4.78 is 1.09. The summed E-state index contributed by atoms with van der Waals surface area (Å²) in [6.45, 7) is 3.24. The second kappa shape index (κ2) is 5.13. The summed E-state index contributed by atoms with van der Waals surface area (Å²) in [4.78, 5) is 16.1. The van der Waals surface area contributed by atoms with Crippen LogP contribution >= 0.6 is 15.9 Å². The third-order valence-electron chi connectivity index (χ3n) is 4.08. The molecule has 102 valence electrons. The van der Waals surface area contributed by atoms with Gasteiger partial charge in [0.2, 0.25) is 5.91 Å². The molecule has 19 heavy (non-hydrogen) atoms. The Hall–Kier alpha value is -1.07. The van der Waals surface area contributed by atoms with E-state index in [4.69, 9.17) is 5.73 Å². The van der Waals surface area contributed by atoms with Crippen LogP contribution in [0.4, 0.5) is 5.69 Å². The van der Waals surface area contributed by atoms with Gasteiger partial charge < -0.3 is 15.5 Å². The minimum Gasteiger partial charge on any atom is -0.367 e. The summed E-state index contributed by atoms with van der Waals surface area (Å²) in [5.41, 5.74) is 7.99. The number of nitrogens with two attached hydrogens (primary N) is 1. The maximum Gasteiger partial charge on any atom is 0.223 e. The number of piperazine rings is 1. The van der Waals surface area contributed by atoms with Crippen molar-refractivity contribution in [3.8, 4) is 0 Å². The average Bonchev–Trinajstić information content (AvgIpc) is 2.79. The molecule has 2 heterocycles. The van der Waals surface area contributed by atoms with Crippen molar-refractivity contribution in [2.75, 3.05) is 24.5 Å². The number of halogens is 1. The van der Waals surface area contributed by atoms with E-state index in [0.717, 1.165) is 36.1 Å². The van der Waals surface area contributed by atoms with Crippen molar-refractivity contribution >= 4 is 27.5 Å². The highest BCUT2D eigenvalue weighted by atomic mass is 79.9. The van der Waals surface area contributed by atoms with Crippen molar-refractivity contribution in [2.45, 2.75) is 25.4 Å². The highest BCUT2D eigenvalue weighted by molar-refractivity contribution is 9.10. The normalized spacial score (nSPS) is 22.8. The van der Waals surface area contributed by atoms with Crippen LogP contribution in [0, 0.1) is 0 Å². The van der Waals surface area contributed by atoms with E-state index in [1.807, 2.05) is 4.90 Å². The molecule has 0 spiro atoms. The molecule has 5 heteroatoms. The van der Waals surface area contributed by atoms with Gasteiger partial charge in [-0.3, -0.25) is 4.79 Å². The SMILES string of the molecule is NCc1ccc(N2CCN3C(=O)CCC3C2)c(Br)c1. The van der Waals surface area contributed by atoms with Crippen molar-refractivity contribution in [3.05, 3.63) is 28.2 Å². The first-order valence-corrected chi connectivity index (χ1v) is 7.51. The Morgan fingerprint density at radius 3 is 2.95 bits per heavy atom. The van der Waals surface area contributed by atoms with Crippen LogP contribution < -0.4 is 10.6 Å². The van der Waals surface area contributed by atoms with Crippen molar-refractivity contribution in [3.63, 3.8) is 0 Å². The van der Waals surface area contributed by atoms with Gasteiger partial charge in [-0.15, -0.1) is 0 Å². The molecule has 1 amide bonds. The van der Waals surface area contributed by atoms with Crippen molar-refractivity contribution in [1.82, 2.24) is 4.90 Å². The first-order chi connectivity index (χ1) is 9.19. The topological polar surface area (TPSA) is 49.6 Å². The van der Waals surface area contributed by atoms with Crippen LogP contribution in [0.25, 0.3) is 0 Å². The lowest BCUT2D eigenvalue weighted by atomic mass is 10.1. The second-order valence-corrected chi connectivity index (χ2v) is 6.07. The number of hydrogen-bond donors (Lipinski definition) is 1. The molecule has 2 saturated heterocycles. The fourth-order valence-corrected chi connectivity index (χ4v) is 3.69. The summed E-state index contributed by atoms with van der Waals surface area (Å²) >= 11 is 3.63. The predicted molar refractivity (Wildman–Crippen MR) is 79.0 cm³/mol. The largest absolute Gasteiger partial charge is 0.367 e. The summed E-state index contributed by atoms with van der Waals surface area (Å²) in [6.07, 6.45) is 1.71. The van der Waals surface area contributed by atoms with Crippen LogP contribution in [0.1, 0.15) is 18.4 Å². The van der Waals surface area contributed by atoms with E-state index in [2.05, 4.69) is 39.0 Å². The van der Waals surface area contributed by atoms with Crippen LogP contribution in [-0.2, 0) is 11.3 Å². The van der Waals surface area contributed by atoms with Gasteiger partial charge in [0.15, 0.2) is 0 Å².